The maximum atomic E-state index is 10.5. The van der Waals surface area contributed by atoms with Crippen LogP contribution in [0.2, 0.25) is 0 Å². The molecule has 1 amide bonds. The molecule has 0 aliphatic rings. The average Bonchev–Trinajstić information content (AvgIpc) is 1.98. The third-order valence-corrected chi connectivity index (χ3v) is 1.64. The summed E-state index contributed by atoms with van der Waals surface area (Å²) >= 11 is 3.06. The van der Waals surface area contributed by atoms with E-state index in [9.17, 15) is 4.79 Å². The van der Waals surface area contributed by atoms with Crippen molar-refractivity contribution in [3.63, 3.8) is 0 Å². The molecular weight excluding hydrogens is 210 g/mol. The second-order valence-corrected chi connectivity index (χ2v) is 2.52. The van der Waals surface area contributed by atoms with Crippen molar-refractivity contribution in [3.8, 4) is 6.07 Å². The number of amides is 1. The Morgan fingerprint density at radius 3 is 2.45 bits per heavy atom. The molecule has 0 atom stereocenters. The minimum Gasteiger partial charge on any atom is -0.380 e. The topological polar surface area (TPSA) is 64.9 Å². The molecule has 0 fully saturated rings. The smallest absolute Gasteiger partial charge is 0.221 e. The summed E-state index contributed by atoms with van der Waals surface area (Å²) in [5.74, 6) is -0.270. The second kappa shape index (κ2) is 4.74. The van der Waals surface area contributed by atoms with Gasteiger partial charge in [0.1, 0.15) is 10.7 Å². The van der Waals surface area contributed by atoms with E-state index in [0.717, 1.165) is 0 Å². The normalized spacial score (nSPS) is 11.1. The summed E-state index contributed by atoms with van der Waals surface area (Å²) in [6.45, 7) is 1.34. The van der Waals surface area contributed by atoms with E-state index in [1.54, 1.807) is 7.05 Å². The zero-order valence-electron chi connectivity index (χ0n) is 6.23. The highest BCUT2D eigenvalue weighted by Gasteiger charge is 2.02. The molecule has 0 unspecified atom stereocenters. The SMILES string of the molecule is CN/C(Br)=C(/C#N)NC(C)=O. The van der Waals surface area contributed by atoms with Crippen molar-refractivity contribution in [1.82, 2.24) is 10.6 Å². The first-order chi connectivity index (χ1) is 5.11. The largest absolute Gasteiger partial charge is 0.380 e. The lowest BCUT2D eigenvalue weighted by Gasteiger charge is -2.01. The fourth-order valence-electron chi connectivity index (χ4n) is 0.433. The molecule has 0 bridgehead atoms. The van der Waals surface area contributed by atoms with E-state index < -0.39 is 0 Å². The highest BCUT2D eigenvalue weighted by Crippen LogP contribution is 2.03. The van der Waals surface area contributed by atoms with Gasteiger partial charge in [0.25, 0.3) is 0 Å². The van der Waals surface area contributed by atoms with E-state index in [1.165, 1.54) is 6.92 Å². The maximum absolute atomic E-state index is 10.5. The van der Waals surface area contributed by atoms with Gasteiger partial charge in [0, 0.05) is 14.0 Å². The zero-order valence-corrected chi connectivity index (χ0v) is 7.82. The Morgan fingerprint density at radius 2 is 2.18 bits per heavy atom. The molecule has 0 aliphatic carbocycles. The van der Waals surface area contributed by atoms with Crippen LogP contribution in [0, 0.1) is 11.3 Å². The number of nitriles is 1. The monoisotopic (exact) mass is 217 g/mol. The van der Waals surface area contributed by atoms with E-state index >= 15 is 0 Å². The summed E-state index contributed by atoms with van der Waals surface area (Å²) in [6, 6.07) is 1.82. The van der Waals surface area contributed by atoms with Gasteiger partial charge in [0.05, 0.1) is 0 Å². The predicted octanol–water partition coefficient (Wildman–Crippen LogP) is 0.429. The van der Waals surface area contributed by atoms with Crippen molar-refractivity contribution in [2.75, 3.05) is 7.05 Å². The standard InChI is InChI=1S/C6H8BrN3O/c1-4(11)10-5(3-8)6(7)9-2/h9H,1-2H3,(H,10,11)/b6-5-. The summed E-state index contributed by atoms with van der Waals surface area (Å²) in [5.41, 5.74) is 0.181. The van der Waals surface area contributed by atoms with Gasteiger partial charge in [-0.2, -0.15) is 5.26 Å². The number of nitrogens with one attached hydrogen (secondary N) is 2. The molecular formula is C6H8BrN3O. The highest BCUT2D eigenvalue weighted by molar-refractivity contribution is 9.11. The molecule has 2 N–H and O–H groups in total. The van der Waals surface area contributed by atoms with Crippen LogP contribution in [0.5, 0.6) is 0 Å². The molecule has 0 rings (SSSR count). The summed E-state index contributed by atoms with van der Waals surface area (Å²) < 4.78 is 0.468. The number of halogens is 1. The number of carbonyl (C=O) groups is 1. The molecule has 0 saturated carbocycles. The van der Waals surface area contributed by atoms with Crippen molar-refractivity contribution in [2.24, 2.45) is 0 Å². The van der Waals surface area contributed by atoms with E-state index in [-0.39, 0.29) is 11.6 Å². The van der Waals surface area contributed by atoms with E-state index in [4.69, 9.17) is 5.26 Å². The first kappa shape index (κ1) is 9.98. The Kier molecular flexibility index (Phi) is 4.30. The van der Waals surface area contributed by atoms with Crippen LogP contribution in [0.3, 0.4) is 0 Å². The molecule has 0 heterocycles. The number of hydrogen-bond acceptors (Lipinski definition) is 3. The molecule has 60 valence electrons. The Morgan fingerprint density at radius 1 is 1.64 bits per heavy atom. The molecule has 0 radical (unpaired) electrons. The van der Waals surface area contributed by atoms with E-state index in [0.29, 0.717) is 4.61 Å². The summed E-state index contributed by atoms with van der Waals surface area (Å²) in [6.07, 6.45) is 0. The van der Waals surface area contributed by atoms with Crippen LogP contribution >= 0.6 is 15.9 Å². The summed E-state index contributed by atoms with van der Waals surface area (Å²) in [5, 5.41) is 13.5. The van der Waals surface area contributed by atoms with Gasteiger partial charge in [-0.3, -0.25) is 4.79 Å². The Balaban J connectivity index is 4.43. The average molecular weight is 218 g/mol. The molecule has 11 heavy (non-hydrogen) atoms. The minimum absolute atomic E-state index is 0.181. The number of rotatable bonds is 2. The molecule has 0 saturated heterocycles. The fraction of sp³-hybridized carbons (Fsp3) is 0.333. The van der Waals surface area contributed by atoms with Crippen LogP contribution in [-0.4, -0.2) is 13.0 Å². The number of allylic oxidation sites excluding steroid dienone is 1. The fourth-order valence-corrected chi connectivity index (χ4v) is 0.621. The van der Waals surface area contributed by atoms with Crippen molar-refractivity contribution in [1.29, 1.82) is 5.26 Å². The van der Waals surface area contributed by atoms with Crippen LogP contribution in [0.15, 0.2) is 10.3 Å². The molecule has 0 spiro atoms. The van der Waals surface area contributed by atoms with Crippen molar-refractivity contribution >= 4 is 21.8 Å². The molecule has 0 aromatic rings. The third-order valence-electron chi connectivity index (χ3n) is 0.852. The molecule has 5 heteroatoms. The van der Waals surface area contributed by atoms with Gasteiger partial charge < -0.3 is 10.6 Å². The van der Waals surface area contributed by atoms with Crippen LogP contribution in [0.4, 0.5) is 0 Å². The minimum atomic E-state index is -0.270. The van der Waals surface area contributed by atoms with E-state index in [1.807, 2.05) is 6.07 Å². The second-order valence-electron chi connectivity index (χ2n) is 1.73. The van der Waals surface area contributed by atoms with Crippen molar-refractivity contribution in [2.45, 2.75) is 6.92 Å². The van der Waals surface area contributed by atoms with Gasteiger partial charge in [0.2, 0.25) is 5.91 Å². The number of carbonyl (C=O) groups excluding carboxylic acids is 1. The van der Waals surface area contributed by atoms with Crippen molar-refractivity contribution < 1.29 is 4.79 Å². The van der Waals surface area contributed by atoms with Crippen molar-refractivity contribution in [3.05, 3.63) is 10.3 Å². The van der Waals surface area contributed by atoms with Crippen LogP contribution in [0.1, 0.15) is 6.92 Å². The number of nitrogens with zero attached hydrogens (tertiary/aromatic N) is 1. The van der Waals surface area contributed by atoms with Gasteiger partial charge in [0.15, 0.2) is 5.70 Å². The van der Waals surface area contributed by atoms with Crippen LogP contribution in [-0.2, 0) is 4.79 Å². The van der Waals surface area contributed by atoms with Gasteiger partial charge in [-0.1, -0.05) is 0 Å². The first-order valence-electron chi connectivity index (χ1n) is 2.87. The van der Waals surface area contributed by atoms with E-state index in [2.05, 4.69) is 26.6 Å². The Labute approximate surface area is 73.4 Å². The molecule has 0 aromatic carbocycles. The van der Waals surface area contributed by atoms with Gasteiger partial charge in [-0.05, 0) is 15.9 Å². The highest BCUT2D eigenvalue weighted by atomic mass is 79.9. The Bertz CT molecular complexity index is 228. The first-order valence-corrected chi connectivity index (χ1v) is 3.66. The molecule has 4 nitrogen and oxygen atoms in total. The molecule has 0 aromatic heterocycles. The van der Waals surface area contributed by atoms with Crippen LogP contribution in [0.25, 0.3) is 0 Å². The zero-order chi connectivity index (χ0) is 8.85. The van der Waals surface area contributed by atoms with Gasteiger partial charge in [-0.25, -0.2) is 0 Å². The quantitative estimate of drug-likeness (QED) is 0.521. The summed E-state index contributed by atoms with van der Waals surface area (Å²) in [7, 11) is 1.64. The predicted molar refractivity (Wildman–Crippen MR) is 44.4 cm³/mol. The van der Waals surface area contributed by atoms with Gasteiger partial charge in [-0.15, -0.1) is 0 Å². The van der Waals surface area contributed by atoms with Crippen LogP contribution < -0.4 is 10.6 Å². The summed E-state index contributed by atoms with van der Waals surface area (Å²) in [4.78, 5) is 10.5. The maximum Gasteiger partial charge on any atom is 0.221 e. The lowest BCUT2D eigenvalue weighted by molar-refractivity contribution is -0.118. The lowest BCUT2D eigenvalue weighted by atomic mass is 10.5. The van der Waals surface area contributed by atoms with Gasteiger partial charge >= 0.3 is 0 Å². The molecule has 0 aliphatic heterocycles. The third kappa shape index (κ3) is 3.63. The lowest BCUT2D eigenvalue weighted by Crippen LogP contribution is -2.21. The number of hydrogen-bond donors (Lipinski definition) is 2. The Hall–Kier alpha value is -1.02.